The number of fused-ring (bicyclic) bond motifs is 4. The average molecular weight is 601 g/mol. The summed E-state index contributed by atoms with van der Waals surface area (Å²) in [7, 11) is -3.97. The molecule has 2 heterocycles. The Morgan fingerprint density at radius 2 is 1.76 bits per heavy atom. The van der Waals surface area contributed by atoms with Gasteiger partial charge in [0.2, 0.25) is 10.0 Å². The van der Waals surface area contributed by atoms with Gasteiger partial charge in [-0.05, 0) is 87.1 Å². The van der Waals surface area contributed by atoms with E-state index in [0.717, 1.165) is 33.9 Å². The second-order valence-electron chi connectivity index (χ2n) is 11.8. The third kappa shape index (κ3) is 4.98. The Hall–Kier alpha value is -3.70. The molecule has 0 aliphatic carbocycles. The molecule has 2 aliphatic heterocycles. The van der Waals surface area contributed by atoms with E-state index in [1.807, 2.05) is 13.0 Å². The molecule has 0 radical (unpaired) electrons. The van der Waals surface area contributed by atoms with Crippen molar-refractivity contribution < 1.29 is 36.6 Å². The minimum absolute atomic E-state index is 0.0837. The number of carbonyl (C=O) groups is 1. The molecule has 0 fully saturated rings. The van der Waals surface area contributed by atoms with E-state index in [-0.39, 0.29) is 34.5 Å². The second-order valence-corrected chi connectivity index (χ2v) is 13.7. The maximum Gasteiger partial charge on any atom is 0.337 e. The van der Waals surface area contributed by atoms with E-state index in [1.54, 1.807) is 40.7 Å². The normalized spacial score (nSPS) is 15.2. The van der Waals surface area contributed by atoms with Crippen LogP contribution in [0.15, 0.2) is 24.3 Å². The van der Waals surface area contributed by atoms with E-state index in [1.165, 1.54) is 0 Å². The minimum Gasteiger partial charge on any atom is -0.490 e. The molecule has 0 unspecified atom stereocenters. The lowest BCUT2D eigenvalue weighted by Crippen LogP contribution is -2.35. The summed E-state index contributed by atoms with van der Waals surface area (Å²) in [6, 6.07) is 5.51. The molecule has 0 saturated heterocycles. The Balaban J connectivity index is 1.99. The molecule has 0 amide bonds. The molecule has 0 spiro atoms. The summed E-state index contributed by atoms with van der Waals surface area (Å²) < 4.78 is 69.4. The predicted octanol–water partition coefficient (Wildman–Crippen LogP) is 6.25. The number of hydrogen-bond acceptors (Lipinski definition) is 6. The first-order valence-electron chi connectivity index (χ1n) is 13.6. The van der Waals surface area contributed by atoms with Crippen LogP contribution in [-0.2, 0) is 26.1 Å². The van der Waals surface area contributed by atoms with Crippen LogP contribution in [0, 0.1) is 32.4 Å². The Morgan fingerprint density at radius 3 is 2.38 bits per heavy atom. The van der Waals surface area contributed by atoms with Gasteiger partial charge in [0, 0.05) is 29.3 Å². The molecular formula is C31H34F2N2O6S. The summed E-state index contributed by atoms with van der Waals surface area (Å²) in [4.78, 5) is 12.9. The molecule has 8 nitrogen and oxygen atoms in total. The van der Waals surface area contributed by atoms with Gasteiger partial charge in [-0.3, -0.25) is 4.31 Å². The van der Waals surface area contributed by atoms with Gasteiger partial charge in [0.05, 0.1) is 29.8 Å². The van der Waals surface area contributed by atoms with Gasteiger partial charge in [0.1, 0.15) is 24.0 Å². The molecule has 0 bridgehead atoms. The van der Waals surface area contributed by atoms with E-state index < -0.39 is 39.3 Å². The van der Waals surface area contributed by atoms with Crippen molar-refractivity contribution in [3.63, 3.8) is 0 Å². The topological polar surface area (TPSA) is 105 Å². The van der Waals surface area contributed by atoms with Crippen LogP contribution in [-0.4, -0.2) is 44.5 Å². The van der Waals surface area contributed by atoms with Gasteiger partial charge in [0.25, 0.3) is 0 Å². The monoisotopic (exact) mass is 600 g/mol. The zero-order valence-electron chi connectivity index (χ0n) is 24.6. The number of carboxylic acid groups (broad SMARTS) is 1. The lowest BCUT2D eigenvalue weighted by molar-refractivity contribution is -0.160. The Morgan fingerprint density at radius 1 is 1.07 bits per heavy atom. The van der Waals surface area contributed by atoms with Crippen molar-refractivity contribution in [3.8, 4) is 28.0 Å². The van der Waals surface area contributed by atoms with Gasteiger partial charge in [-0.1, -0.05) is 6.07 Å². The first-order chi connectivity index (χ1) is 19.5. The number of benzene rings is 3. The first-order valence-corrected chi connectivity index (χ1v) is 15.4. The Labute approximate surface area is 244 Å². The summed E-state index contributed by atoms with van der Waals surface area (Å²) in [5, 5.41) is 13.9. The average Bonchev–Trinajstić information content (AvgIpc) is 2.88. The van der Waals surface area contributed by atoms with Crippen LogP contribution in [0.4, 0.5) is 20.2 Å². The highest BCUT2D eigenvalue weighted by molar-refractivity contribution is 7.92. The van der Waals surface area contributed by atoms with Crippen LogP contribution < -0.4 is 14.4 Å². The van der Waals surface area contributed by atoms with Crippen LogP contribution in [0.2, 0.25) is 0 Å². The number of carboxylic acids is 1. The van der Waals surface area contributed by atoms with Gasteiger partial charge in [-0.15, -0.1) is 0 Å². The van der Waals surface area contributed by atoms with Crippen LogP contribution >= 0.6 is 0 Å². The molecule has 0 aromatic heterocycles. The first kappa shape index (κ1) is 29.8. The standard InChI is InChI=1S/C31H34F2N2O6S/c1-15-20(8-9-22-27(15)34-10-11-40-22)23-16(2)24-26-18(12-19(32)13-21(26)33)14-35(42(7,38)39)28(24)17(3)25(23)29(30(36)37)41-31(4,5)6/h8-9,12-13,29,34H,10-11,14H2,1-7H3,(H,36,37)/t29-/m0/s1. The van der Waals surface area contributed by atoms with E-state index in [9.17, 15) is 22.7 Å². The van der Waals surface area contributed by atoms with Gasteiger partial charge in [-0.25, -0.2) is 22.0 Å². The molecule has 2 aliphatic rings. The number of nitrogens with zero attached hydrogens (tertiary/aromatic N) is 1. The molecular weight excluding hydrogens is 566 g/mol. The van der Waals surface area contributed by atoms with E-state index >= 15 is 4.39 Å². The highest BCUT2D eigenvalue weighted by Crippen LogP contribution is 2.53. The lowest BCUT2D eigenvalue weighted by Gasteiger charge is -2.37. The molecule has 42 heavy (non-hydrogen) atoms. The third-order valence-electron chi connectivity index (χ3n) is 7.68. The molecule has 3 aromatic rings. The predicted molar refractivity (Wildman–Crippen MR) is 158 cm³/mol. The number of aliphatic carboxylic acids is 1. The zero-order chi connectivity index (χ0) is 30.9. The molecule has 1 atom stereocenters. The van der Waals surface area contributed by atoms with Crippen molar-refractivity contribution in [2.75, 3.05) is 29.0 Å². The molecule has 3 aromatic carbocycles. The molecule has 224 valence electrons. The van der Waals surface area contributed by atoms with Crippen molar-refractivity contribution in [1.82, 2.24) is 0 Å². The number of sulfonamides is 1. The summed E-state index contributed by atoms with van der Waals surface area (Å²) >= 11 is 0. The summed E-state index contributed by atoms with van der Waals surface area (Å²) in [6.45, 7) is 11.2. The molecule has 0 saturated carbocycles. The number of nitrogens with one attached hydrogen (secondary N) is 1. The van der Waals surface area contributed by atoms with Gasteiger partial charge in [-0.2, -0.15) is 0 Å². The summed E-state index contributed by atoms with van der Waals surface area (Å²) in [5.74, 6) is -2.28. The van der Waals surface area contributed by atoms with Crippen molar-refractivity contribution in [2.45, 2.75) is 59.8 Å². The fourth-order valence-corrected chi connectivity index (χ4v) is 7.00. The highest BCUT2D eigenvalue weighted by atomic mass is 32.2. The molecule has 11 heteroatoms. The van der Waals surface area contributed by atoms with Crippen molar-refractivity contribution >= 4 is 27.4 Å². The van der Waals surface area contributed by atoms with Crippen LogP contribution in [0.5, 0.6) is 5.75 Å². The summed E-state index contributed by atoms with van der Waals surface area (Å²) in [6.07, 6.45) is -0.483. The van der Waals surface area contributed by atoms with Crippen LogP contribution in [0.3, 0.4) is 0 Å². The fourth-order valence-electron chi connectivity index (χ4n) is 6.07. The molecule has 2 N–H and O–H groups in total. The number of rotatable bonds is 5. The SMILES string of the molecule is Cc1c(-c2c(C)c3c(c(C)c2[C@H](OC(C)(C)C)C(=O)O)N(S(C)(=O)=O)Cc2cc(F)cc(F)c2-3)ccc2c1NCCO2. The number of ether oxygens (including phenoxy) is 2. The Kier molecular flexibility index (Phi) is 7.26. The van der Waals surface area contributed by atoms with Crippen molar-refractivity contribution in [3.05, 3.63) is 63.7 Å². The fraction of sp³-hybridized carbons (Fsp3) is 0.387. The van der Waals surface area contributed by atoms with E-state index in [2.05, 4.69) is 5.32 Å². The quantitative estimate of drug-likeness (QED) is 0.357. The highest BCUT2D eigenvalue weighted by Gasteiger charge is 2.40. The minimum atomic E-state index is -3.97. The number of hydrogen-bond donors (Lipinski definition) is 2. The summed E-state index contributed by atoms with van der Waals surface area (Å²) in [5.41, 5.74) is 3.42. The second kappa shape index (κ2) is 10.2. The number of halogens is 2. The number of anilines is 2. The van der Waals surface area contributed by atoms with Gasteiger partial charge < -0.3 is 19.9 Å². The smallest absolute Gasteiger partial charge is 0.337 e. The van der Waals surface area contributed by atoms with Crippen LogP contribution in [0.1, 0.15) is 54.7 Å². The van der Waals surface area contributed by atoms with E-state index in [0.29, 0.717) is 41.2 Å². The van der Waals surface area contributed by atoms with E-state index in [4.69, 9.17) is 9.47 Å². The lowest BCUT2D eigenvalue weighted by atomic mass is 9.79. The van der Waals surface area contributed by atoms with Crippen LogP contribution in [0.25, 0.3) is 22.3 Å². The van der Waals surface area contributed by atoms with Gasteiger partial charge >= 0.3 is 5.97 Å². The third-order valence-corrected chi connectivity index (χ3v) is 8.79. The largest absolute Gasteiger partial charge is 0.490 e. The maximum atomic E-state index is 15.6. The zero-order valence-corrected chi connectivity index (χ0v) is 25.4. The molecule has 5 rings (SSSR count). The van der Waals surface area contributed by atoms with Crippen molar-refractivity contribution in [1.29, 1.82) is 0 Å². The van der Waals surface area contributed by atoms with Gasteiger partial charge in [0.15, 0.2) is 6.10 Å². The van der Waals surface area contributed by atoms with Crippen molar-refractivity contribution in [2.24, 2.45) is 0 Å². The Bertz CT molecular complexity index is 1750. The maximum absolute atomic E-state index is 15.6.